The Morgan fingerprint density at radius 1 is 0.750 bits per heavy atom. The van der Waals surface area contributed by atoms with Crippen molar-refractivity contribution in [1.82, 2.24) is 9.97 Å². The van der Waals surface area contributed by atoms with Crippen molar-refractivity contribution in [3.05, 3.63) is 95.6 Å². The molecule has 1 heterocycles. The number of fused-ring (bicyclic) bond motifs is 1. The third kappa shape index (κ3) is 6.06. The van der Waals surface area contributed by atoms with Crippen molar-refractivity contribution >= 4 is 35.1 Å². The van der Waals surface area contributed by atoms with E-state index in [-0.39, 0.29) is 6.61 Å². The first-order chi connectivity index (χ1) is 17.4. The molecular weight excluding hydrogens is 460 g/mol. The molecular formula is C28H22N2O6. The van der Waals surface area contributed by atoms with E-state index < -0.39 is 11.9 Å². The number of rotatable bonds is 9. The van der Waals surface area contributed by atoms with Crippen LogP contribution in [0.25, 0.3) is 45.7 Å². The molecule has 0 spiro atoms. The fourth-order valence-corrected chi connectivity index (χ4v) is 3.56. The lowest BCUT2D eigenvalue weighted by Gasteiger charge is -2.12. The molecule has 0 saturated carbocycles. The molecule has 0 aliphatic carbocycles. The Morgan fingerprint density at radius 3 is 1.72 bits per heavy atom. The predicted octanol–water partition coefficient (Wildman–Crippen LogP) is 5.24. The standard InChI is InChI=1S/C28H22N2O6/c1-35-36-17-20-6-13-23-24(16-20)30-28(22-11-4-19(5-12-22)8-15-26(33)34)27(29-23)21-9-2-18(3-10-21)7-14-25(31)32/h2-16H,17H2,1H3,(H,31,32)(H,33,34)/b14-7+,15-8+. The van der Waals surface area contributed by atoms with Gasteiger partial charge in [0.05, 0.1) is 29.5 Å². The number of hydrogen-bond donors (Lipinski definition) is 2. The van der Waals surface area contributed by atoms with Gasteiger partial charge in [0.2, 0.25) is 0 Å². The molecule has 0 aliphatic heterocycles. The van der Waals surface area contributed by atoms with Gasteiger partial charge in [-0.3, -0.25) is 0 Å². The average molecular weight is 482 g/mol. The van der Waals surface area contributed by atoms with E-state index >= 15 is 0 Å². The van der Waals surface area contributed by atoms with Crippen LogP contribution in [0.5, 0.6) is 0 Å². The topological polar surface area (TPSA) is 119 Å². The SMILES string of the molecule is COOCc1ccc2nc(-c3ccc(/C=C/C(=O)O)cc3)c(-c3ccc(/C=C/C(=O)O)cc3)nc2c1. The van der Waals surface area contributed by atoms with Crippen molar-refractivity contribution in [2.75, 3.05) is 7.11 Å². The van der Waals surface area contributed by atoms with Gasteiger partial charge in [0.15, 0.2) is 0 Å². The highest BCUT2D eigenvalue weighted by atomic mass is 17.2. The number of aromatic nitrogens is 2. The third-order valence-corrected chi connectivity index (χ3v) is 5.28. The zero-order valence-electron chi connectivity index (χ0n) is 19.3. The Bertz CT molecular complexity index is 1460. The van der Waals surface area contributed by atoms with E-state index in [2.05, 4.69) is 0 Å². The minimum absolute atomic E-state index is 0.265. The van der Waals surface area contributed by atoms with E-state index in [9.17, 15) is 9.59 Å². The van der Waals surface area contributed by atoms with Gasteiger partial charge in [-0.2, -0.15) is 0 Å². The number of aliphatic carboxylic acids is 2. The van der Waals surface area contributed by atoms with E-state index in [1.807, 2.05) is 66.7 Å². The van der Waals surface area contributed by atoms with E-state index in [0.717, 1.165) is 40.0 Å². The number of carboxylic acids is 2. The first-order valence-corrected chi connectivity index (χ1v) is 10.9. The van der Waals surface area contributed by atoms with Crippen LogP contribution in [0.2, 0.25) is 0 Å². The quantitative estimate of drug-likeness (QED) is 0.189. The lowest BCUT2D eigenvalue weighted by molar-refractivity contribution is -0.282. The predicted molar refractivity (Wildman–Crippen MR) is 136 cm³/mol. The number of hydrogen-bond acceptors (Lipinski definition) is 6. The fraction of sp³-hybridized carbons (Fsp3) is 0.0714. The van der Waals surface area contributed by atoms with Crippen LogP contribution in [0.4, 0.5) is 0 Å². The third-order valence-electron chi connectivity index (χ3n) is 5.28. The van der Waals surface area contributed by atoms with E-state index in [1.54, 1.807) is 0 Å². The second-order valence-electron chi connectivity index (χ2n) is 7.76. The van der Waals surface area contributed by atoms with Crippen LogP contribution < -0.4 is 0 Å². The molecule has 0 bridgehead atoms. The molecule has 0 aliphatic rings. The molecule has 0 atom stereocenters. The molecule has 36 heavy (non-hydrogen) atoms. The van der Waals surface area contributed by atoms with Crippen molar-refractivity contribution in [3.8, 4) is 22.5 Å². The minimum atomic E-state index is -1.02. The van der Waals surface area contributed by atoms with Crippen LogP contribution >= 0.6 is 0 Å². The summed E-state index contributed by atoms with van der Waals surface area (Å²) >= 11 is 0. The summed E-state index contributed by atoms with van der Waals surface area (Å²) in [5.74, 6) is -2.03. The maximum absolute atomic E-state index is 10.8. The maximum atomic E-state index is 10.8. The summed E-state index contributed by atoms with van der Waals surface area (Å²) in [4.78, 5) is 41.2. The zero-order valence-corrected chi connectivity index (χ0v) is 19.3. The fourth-order valence-electron chi connectivity index (χ4n) is 3.56. The summed E-state index contributed by atoms with van der Waals surface area (Å²) < 4.78 is 0. The number of benzene rings is 3. The molecule has 0 fully saturated rings. The normalized spacial score (nSPS) is 11.5. The Balaban J connectivity index is 1.80. The van der Waals surface area contributed by atoms with Gasteiger partial charge in [0, 0.05) is 23.3 Å². The number of nitrogens with zero attached hydrogens (tertiary/aromatic N) is 2. The van der Waals surface area contributed by atoms with Gasteiger partial charge in [-0.25, -0.2) is 29.3 Å². The van der Waals surface area contributed by atoms with Gasteiger partial charge in [0.1, 0.15) is 6.61 Å². The maximum Gasteiger partial charge on any atom is 0.328 e. The van der Waals surface area contributed by atoms with Crippen molar-refractivity contribution in [3.63, 3.8) is 0 Å². The van der Waals surface area contributed by atoms with Crippen LogP contribution in [-0.2, 0) is 26.0 Å². The highest BCUT2D eigenvalue weighted by Gasteiger charge is 2.14. The minimum Gasteiger partial charge on any atom is -0.478 e. The highest BCUT2D eigenvalue weighted by Crippen LogP contribution is 2.32. The lowest BCUT2D eigenvalue weighted by atomic mass is 10.0. The number of carbonyl (C=O) groups is 2. The lowest BCUT2D eigenvalue weighted by Crippen LogP contribution is -1.97. The second kappa shape index (κ2) is 11.2. The van der Waals surface area contributed by atoms with Crippen LogP contribution in [0.3, 0.4) is 0 Å². The van der Waals surface area contributed by atoms with E-state index in [1.165, 1.54) is 19.3 Å². The molecule has 3 aromatic carbocycles. The van der Waals surface area contributed by atoms with Gasteiger partial charge in [-0.05, 0) is 41.0 Å². The summed E-state index contributed by atoms with van der Waals surface area (Å²) in [5.41, 5.74) is 6.67. The molecule has 0 radical (unpaired) electrons. The first kappa shape index (κ1) is 24.5. The second-order valence-corrected chi connectivity index (χ2v) is 7.76. The van der Waals surface area contributed by atoms with Crippen molar-refractivity contribution in [1.29, 1.82) is 0 Å². The molecule has 8 nitrogen and oxygen atoms in total. The summed E-state index contributed by atoms with van der Waals surface area (Å²) in [6.07, 6.45) is 5.21. The highest BCUT2D eigenvalue weighted by molar-refractivity contribution is 5.88. The number of carboxylic acid groups (broad SMARTS) is 2. The summed E-state index contributed by atoms with van der Waals surface area (Å²) in [7, 11) is 1.45. The Kier molecular flexibility index (Phi) is 7.60. The van der Waals surface area contributed by atoms with E-state index in [4.69, 9.17) is 30.0 Å². The average Bonchev–Trinajstić information content (AvgIpc) is 2.89. The largest absolute Gasteiger partial charge is 0.478 e. The smallest absolute Gasteiger partial charge is 0.328 e. The summed E-state index contributed by atoms with van der Waals surface area (Å²) in [6.45, 7) is 0.265. The van der Waals surface area contributed by atoms with Crippen LogP contribution in [0.1, 0.15) is 16.7 Å². The van der Waals surface area contributed by atoms with Gasteiger partial charge in [0.25, 0.3) is 0 Å². The van der Waals surface area contributed by atoms with Gasteiger partial charge in [-0.1, -0.05) is 54.6 Å². The molecule has 1 aromatic heterocycles. The zero-order chi connectivity index (χ0) is 25.5. The van der Waals surface area contributed by atoms with Crippen LogP contribution in [0.15, 0.2) is 78.9 Å². The first-order valence-electron chi connectivity index (χ1n) is 10.9. The molecule has 0 unspecified atom stereocenters. The molecule has 0 amide bonds. The van der Waals surface area contributed by atoms with Crippen molar-refractivity contribution < 1.29 is 29.6 Å². The Labute approximate surface area is 206 Å². The van der Waals surface area contributed by atoms with E-state index in [0.29, 0.717) is 22.4 Å². The molecule has 8 heteroatoms. The molecule has 4 rings (SSSR count). The van der Waals surface area contributed by atoms with Gasteiger partial charge < -0.3 is 10.2 Å². The summed E-state index contributed by atoms with van der Waals surface area (Å²) in [6, 6.07) is 20.4. The summed E-state index contributed by atoms with van der Waals surface area (Å²) in [5, 5.41) is 17.7. The van der Waals surface area contributed by atoms with Gasteiger partial charge in [-0.15, -0.1) is 0 Å². The molecule has 4 aromatic rings. The molecule has 0 saturated heterocycles. The monoisotopic (exact) mass is 482 g/mol. The Morgan fingerprint density at radius 2 is 1.25 bits per heavy atom. The molecule has 180 valence electrons. The van der Waals surface area contributed by atoms with Gasteiger partial charge >= 0.3 is 11.9 Å². The Hall–Kier alpha value is -4.66. The van der Waals surface area contributed by atoms with Crippen LogP contribution in [-0.4, -0.2) is 39.2 Å². The van der Waals surface area contributed by atoms with Crippen LogP contribution in [0, 0.1) is 0 Å². The van der Waals surface area contributed by atoms with Crippen molar-refractivity contribution in [2.45, 2.75) is 6.61 Å². The molecule has 2 N–H and O–H groups in total. The van der Waals surface area contributed by atoms with Crippen molar-refractivity contribution in [2.24, 2.45) is 0 Å².